The van der Waals surface area contributed by atoms with Crippen LogP contribution >= 0.6 is 11.6 Å². The molecule has 66 valence electrons. The largest absolute Gasteiger partial charge is 0.508 e. The zero-order chi connectivity index (χ0) is 8.97. The van der Waals surface area contributed by atoms with Crippen LogP contribution in [0.25, 0.3) is 0 Å². The number of hydrogen-bond donors (Lipinski definition) is 2. The van der Waals surface area contributed by atoms with E-state index in [4.69, 9.17) is 22.4 Å². The summed E-state index contributed by atoms with van der Waals surface area (Å²) in [5.74, 6) is 0.878. The first-order valence-corrected chi connectivity index (χ1v) is 4.41. The zero-order valence-corrected chi connectivity index (χ0v) is 7.51. The number of aromatic hydroxyl groups is 1. The monoisotopic (exact) mass is 185 g/mol. The van der Waals surface area contributed by atoms with Gasteiger partial charge in [-0.2, -0.15) is 0 Å². The summed E-state index contributed by atoms with van der Waals surface area (Å²) in [6.07, 6.45) is 1.71. The van der Waals surface area contributed by atoms with E-state index in [0.717, 1.165) is 24.1 Å². The lowest BCUT2D eigenvalue weighted by Crippen LogP contribution is -1.94. The third-order valence-corrected chi connectivity index (χ3v) is 1.97. The quantitative estimate of drug-likeness (QED) is 0.431. The van der Waals surface area contributed by atoms with Crippen LogP contribution in [0.3, 0.4) is 0 Å². The number of alkyl halides is 1. The summed E-state index contributed by atoms with van der Waals surface area (Å²) in [5.41, 5.74) is 7.36. The van der Waals surface area contributed by atoms with E-state index in [1.165, 1.54) is 0 Å². The van der Waals surface area contributed by atoms with Crippen molar-refractivity contribution in [1.82, 2.24) is 0 Å². The van der Waals surface area contributed by atoms with Crippen molar-refractivity contribution in [2.45, 2.75) is 12.8 Å². The number of halogens is 1. The highest BCUT2D eigenvalue weighted by Gasteiger charge is 1.99. The van der Waals surface area contributed by atoms with E-state index >= 15 is 0 Å². The van der Waals surface area contributed by atoms with Gasteiger partial charge in [-0.25, -0.2) is 0 Å². The Morgan fingerprint density at radius 2 is 2.17 bits per heavy atom. The molecule has 0 amide bonds. The third-order valence-electron chi connectivity index (χ3n) is 1.71. The van der Waals surface area contributed by atoms with Crippen LogP contribution in [0.15, 0.2) is 18.2 Å². The minimum Gasteiger partial charge on any atom is -0.508 e. The number of aryl methyl sites for hydroxylation is 1. The minimum atomic E-state index is 0.258. The summed E-state index contributed by atoms with van der Waals surface area (Å²) >= 11 is 5.54. The molecule has 0 aliphatic heterocycles. The van der Waals surface area contributed by atoms with E-state index in [1.807, 2.05) is 0 Å². The lowest BCUT2D eigenvalue weighted by Gasteiger charge is -2.04. The molecule has 0 aliphatic rings. The Balaban J connectivity index is 2.75. The molecule has 0 saturated carbocycles. The van der Waals surface area contributed by atoms with Gasteiger partial charge in [0, 0.05) is 11.6 Å². The number of phenols is 1. The molecule has 1 aromatic carbocycles. The molecule has 1 rings (SSSR count). The van der Waals surface area contributed by atoms with Gasteiger partial charge in [0.15, 0.2) is 0 Å². The van der Waals surface area contributed by atoms with Crippen molar-refractivity contribution in [2.24, 2.45) is 0 Å². The van der Waals surface area contributed by atoms with E-state index in [9.17, 15) is 0 Å². The Labute approximate surface area is 77.0 Å². The molecule has 0 spiro atoms. The van der Waals surface area contributed by atoms with Crippen LogP contribution in [0.2, 0.25) is 0 Å². The lowest BCUT2D eigenvalue weighted by atomic mass is 10.1. The Kier molecular flexibility index (Phi) is 3.23. The van der Waals surface area contributed by atoms with E-state index in [-0.39, 0.29) is 5.75 Å². The molecule has 0 bridgehead atoms. The van der Waals surface area contributed by atoms with Gasteiger partial charge in [0.25, 0.3) is 0 Å². The predicted octanol–water partition coefficient (Wildman–Crippen LogP) is 2.15. The molecule has 1 aromatic rings. The summed E-state index contributed by atoms with van der Waals surface area (Å²) in [7, 11) is 0. The molecule has 0 fully saturated rings. The van der Waals surface area contributed by atoms with E-state index in [2.05, 4.69) is 0 Å². The standard InChI is InChI=1S/C9H12ClNO/c10-5-1-2-7-6-8(12)3-4-9(7)11/h3-4,6,12H,1-2,5,11H2. The van der Waals surface area contributed by atoms with Crippen molar-refractivity contribution in [3.05, 3.63) is 23.8 Å². The average Bonchev–Trinajstić information content (AvgIpc) is 2.07. The van der Waals surface area contributed by atoms with Crippen LogP contribution in [-0.2, 0) is 6.42 Å². The summed E-state index contributed by atoms with van der Waals surface area (Å²) in [4.78, 5) is 0. The van der Waals surface area contributed by atoms with Crippen molar-refractivity contribution in [2.75, 3.05) is 11.6 Å². The Hall–Kier alpha value is -0.890. The number of hydrogen-bond acceptors (Lipinski definition) is 2. The SMILES string of the molecule is Nc1ccc(O)cc1CCCCl. The lowest BCUT2D eigenvalue weighted by molar-refractivity contribution is 0.474. The molecule has 3 heteroatoms. The number of phenolic OH excluding ortho intramolecular Hbond substituents is 1. The molecule has 0 atom stereocenters. The summed E-state index contributed by atoms with van der Waals surface area (Å²) in [5, 5.41) is 9.15. The molecular weight excluding hydrogens is 174 g/mol. The van der Waals surface area contributed by atoms with Crippen LogP contribution in [-0.4, -0.2) is 11.0 Å². The van der Waals surface area contributed by atoms with E-state index < -0.39 is 0 Å². The smallest absolute Gasteiger partial charge is 0.116 e. The minimum absolute atomic E-state index is 0.258. The number of anilines is 1. The third kappa shape index (κ3) is 2.31. The molecule has 3 N–H and O–H groups in total. The van der Waals surface area contributed by atoms with Crippen molar-refractivity contribution < 1.29 is 5.11 Å². The number of nitrogen functional groups attached to an aromatic ring is 1. The van der Waals surface area contributed by atoms with Gasteiger partial charge in [-0.05, 0) is 36.6 Å². The molecule has 0 heterocycles. The number of nitrogens with two attached hydrogens (primary N) is 1. The second-order valence-corrected chi connectivity index (χ2v) is 3.05. The van der Waals surface area contributed by atoms with Gasteiger partial charge in [-0.15, -0.1) is 11.6 Å². The molecule has 0 unspecified atom stereocenters. The normalized spacial score (nSPS) is 10.1. The first kappa shape index (κ1) is 9.20. The van der Waals surface area contributed by atoms with Crippen LogP contribution in [0, 0.1) is 0 Å². The van der Waals surface area contributed by atoms with Crippen LogP contribution in [0.1, 0.15) is 12.0 Å². The maximum Gasteiger partial charge on any atom is 0.116 e. The number of benzene rings is 1. The Morgan fingerprint density at radius 3 is 2.83 bits per heavy atom. The van der Waals surface area contributed by atoms with Gasteiger partial charge in [0.1, 0.15) is 5.75 Å². The summed E-state index contributed by atoms with van der Waals surface area (Å²) < 4.78 is 0. The fourth-order valence-electron chi connectivity index (χ4n) is 1.07. The zero-order valence-electron chi connectivity index (χ0n) is 6.76. The predicted molar refractivity (Wildman–Crippen MR) is 51.6 cm³/mol. The van der Waals surface area contributed by atoms with Gasteiger partial charge in [0.05, 0.1) is 0 Å². The highest BCUT2D eigenvalue weighted by molar-refractivity contribution is 6.17. The molecular formula is C9H12ClNO. The maximum atomic E-state index is 9.15. The van der Waals surface area contributed by atoms with Crippen molar-refractivity contribution in [3.63, 3.8) is 0 Å². The van der Waals surface area contributed by atoms with Gasteiger partial charge in [0.2, 0.25) is 0 Å². The van der Waals surface area contributed by atoms with Crippen molar-refractivity contribution in [1.29, 1.82) is 0 Å². The van der Waals surface area contributed by atoms with Crippen LogP contribution < -0.4 is 5.73 Å². The molecule has 0 aliphatic carbocycles. The second-order valence-electron chi connectivity index (χ2n) is 2.68. The van der Waals surface area contributed by atoms with E-state index in [0.29, 0.717) is 5.88 Å². The fourth-order valence-corrected chi connectivity index (χ4v) is 1.20. The van der Waals surface area contributed by atoms with Crippen molar-refractivity contribution >= 4 is 17.3 Å². The molecule has 2 nitrogen and oxygen atoms in total. The van der Waals surface area contributed by atoms with Gasteiger partial charge in [-0.3, -0.25) is 0 Å². The highest BCUT2D eigenvalue weighted by atomic mass is 35.5. The average molecular weight is 186 g/mol. The molecule has 12 heavy (non-hydrogen) atoms. The Bertz CT molecular complexity index is 263. The summed E-state index contributed by atoms with van der Waals surface area (Å²) in [6.45, 7) is 0. The summed E-state index contributed by atoms with van der Waals surface area (Å²) in [6, 6.07) is 4.97. The molecule has 0 aromatic heterocycles. The number of rotatable bonds is 3. The van der Waals surface area contributed by atoms with E-state index in [1.54, 1.807) is 18.2 Å². The van der Waals surface area contributed by atoms with Gasteiger partial charge in [-0.1, -0.05) is 0 Å². The van der Waals surface area contributed by atoms with Crippen LogP contribution in [0.5, 0.6) is 5.75 Å². The highest BCUT2D eigenvalue weighted by Crippen LogP contribution is 2.19. The fraction of sp³-hybridized carbons (Fsp3) is 0.333. The first-order valence-electron chi connectivity index (χ1n) is 3.87. The molecule has 0 saturated heterocycles. The topological polar surface area (TPSA) is 46.2 Å². The van der Waals surface area contributed by atoms with Gasteiger partial charge < -0.3 is 10.8 Å². The maximum absolute atomic E-state index is 9.15. The second kappa shape index (κ2) is 4.21. The molecule has 0 radical (unpaired) electrons. The van der Waals surface area contributed by atoms with Crippen molar-refractivity contribution in [3.8, 4) is 5.75 Å². The first-order chi connectivity index (χ1) is 5.74. The Morgan fingerprint density at radius 1 is 1.42 bits per heavy atom. The van der Waals surface area contributed by atoms with Crippen LogP contribution in [0.4, 0.5) is 5.69 Å². The van der Waals surface area contributed by atoms with Gasteiger partial charge >= 0.3 is 0 Å².